The third kappa shape index (κ3) is 3.23. The van der Waals surface area contributed by atoms with Gasteiger partial charge in [0.25, 0.3) is 0 Å². The molecule has 22 heavy (non-hydrogen) atoms. The minimum Gasteiger partial charge on any atom is -0.493 e. The van der Waals surface area contributed by atoms with Crippen molar-refractivity contribution in [3.8, 4) is 11.5 Å². The van der Waals surface area contributed by atoms with E-state index in [0.29, 0.717) is 12.6 Å². The Morgan fingerprint density at radius 2 is 2.09 bits per heavy atom. The smallest absolute Gasteiger partial charge is 0.161 e. The van der Waals surface area contributed by atoms with Crippen LogP contribution in [0.15, 0.2) is 18.2 Å². The van der Waals surface area contributed by atoms with Crippen LogP contribution in [0.4, 0.5) is 0 Å². The minimum absolute atomic E-state index is 0.618. The Labute approximate surface area is 134 Å². The first-order valence-electron chi connectivity index (χ1n) is 8.49. The SMILES string of the molecule is CCOc1cc(CN2CC3CCCN3C[C@H]2C)ccc1OC. The Kier molecular flexibility index (Phi) is 4.89. The molecular weight excluding hydrogens is 276 g/mol. The number of nitrogens with zero attached hydrogens (tertiary/aromatic N) is 2. The molecule has 122 valence electrons. The highest BCUT2D eigenvalue weighted by Gasteiger charge is 2.34. The molecule has 0 bridgehead atoms. The number of piperazine rings is 1. The Hall–Kier alpha value is -1.26. The van der Waals surface area contributed by atoms with Gasteiger partial charge in [0.1, 0.15) is 0 Å². The first-order chi connectivity index (χ1) is 10.7. The van der Waals surface area contributed by atoms with Gasteiger partial charge in [-0.3, -0.25) is 9.80 Å². The summed E-state index contributed by atoms with van der Waals surface area (Å²) >= 11 is 0. The normalized spacial score (nSPS) is 26.0. The molecule has 1 aromatic rings. The molecule has 3 rings (SSSR count). The fourth-order valence-electron chi connectivity index (χ4n) is 3.79. The number of hydrogen-bond donors (Lipinski definition) is 0. The van der Waals surface area contributed by atoms with Crippen LogP contribution in [0.1, 0.15) is 32.3 Å². The van der Waals surface area contributed by atoms with E-state index in [2.05, 4.69) is 28.9 Å². The molecular formula is C18H28N2O2. The standard InChI is InChI=1S/C18H28N2O2/c1-4-22-18-10-15(7-8-17(18)21-3)12-20-13-16-6-5-9-19(16)11-14(20)2/h7-8,10,14,16H,4-6,9,11-13H2,1-3H3/t14-,16?/m1/s1. The number of rotatable bonds is 5. The molecule has 2 saturated heterocycles. The number of fused-ring (bicyclic) bond motifs is 1. The lowest BCUT2D eigenvalue weighted by atomic mass is 10.1. The van der Waals surface area contributed by atoms with Crippen molar-refractivity contribution < 1.29 is 9.47 Å². The molecule has 0 spiro atoms. The quantitative estimate of drug-likeness (QED) is 0.835. The van der Waals surface area contributed by atoms with Gasteiger partial charge in [0.05, 0.1) is 13.7 Å². The van der Waals surface area contributed by atoms with Crippen molar-refractivity contribution >= 4 is 0 Å². The fourth-order valence-corrected chi connectivity index (χ4v) is 3.79. The summed E-state index contributed by atoms with van der Waals surface area (Å²) < 4.78 is 11.1. The molecule has 4 nitrogen and oxygen atoms in total. The molecule has 2 aliphatic heterocycles. The van der Waals surface area contributed by atoms with Crippen LogP contribution in [0.3, 0.4) is 0 Å². The van der Waals surface area contributed by atoms with Crippen LogP contribution >= 0.6 is 0 Å². The summed E-state index contributed by atoms with van der Waals surface area (Å²) in [7, 11) is 1.69. The molecule has 0 aromatic heterocycles. The second kappa shape index (κ2) is 6.88. The molecule has 0 aliphatic carbocycles. The van der Waals surface area contributed by atoms with Gasteiger partial charge in [0, 0.05) is 31.7 Å². The van der Waals surface area contributed by atoms with E-state index in [9.17, 15) is 0 Å². The first kappa shape index (κ1) is 15.6. The second-order valence-electron chi connectivity index (χ2n) is 6.49. The predicted molar refractivity (Wildman–Crippen MR) is 88.6 cm³/mol. The third-order valence-corrected chi connectivity index (χ3v) is 4.98. The van der Waals surface area contributed by atoms with Crippen molar-refractivity contribution in [3.63, 3.8) is 0 Å². The van der Waals surface area contributed by atoms with Gasteiger partial charge in [-0.15, -0.1) is 0 Å². The average molecular weight is 304 g/mol. The minimum atomic E-state index is 0.618. The van der Waals surface area contributed by atoms with Crippen molar-refractivity contribution in [2.24, 2.45) is 0 Å². The van der Waals surface area contributed by atoms with E-state index in [4.69, 9.17) is 9.47 Å². The molecule has 0 saturated carbocycles. The molecule has 0 amide bonds. The van der Waals surface area contributed by atoms with E-state index in [1.165, 1.54) is 38.0 Å². The highest BCUT2D eigenvalue weighted by atomic mass is 16.5. The van der Waals surface area contributed by atoms with Gasteiger partial charge in [-0.2, -0.15) is 0 Å². The van der Waals surface area contributed by atoms with Crippen molar-refractivity contribution in [3.05, 3.63) is 23.8 Å². The topological polar surface area (TPSA) is 24.9 Å². The van der Waals surface area contributed by atoms with E-state index in [-0.39, 0.29) is 0 Å². The van der Waals surface area contributed by atoms with Crippen LogP contribution < -0.4 is 9.47 Å². The van der Waals surface area contributed by atoms with Crippen LogP contribution in [0, 0.1) is 0 Å². The van der Waals surface area contributed by atoms with Crippen LogP contribution in [-0.4, -0.2) is 55.2 Å². The second-order valence-corrected chi connectivity index (χ2v) is 6.49. The molecule has 2 heterocycles. The van der Waals surface area contributed by atoms with Crippen molar-refractivity contribution in [1.82, 2.24) is 9.80 Å². The molecule has 0 N–H and O–H groups in total. The van der Waals surface area contributed by atoms with Gasteiger partial charge in [-0.25, -0.2) is 0 Å². The zero-order chi connectivity index (χ0) is 15.5. The van der Waals surface area contributed by atoms with E-state index in [1.807, 2.05) is 13.0 Å². The fraction of sp³-hybridized carbons (Fsp3) is 0.667. The van der Waals surface area contributed by atoms with E-state index >= 15 is 0 Å². The van der Waals surface area contributed by atoms with E-state index in [1.54, 1.807) is 7.11 Å². The van der Waals surface area contributed by atoms with Crippen LogP contribution in [-0.2, 0) is 6.54 Å². The van der Waals surface area contributed by atoms with Crippen LogP contribution in [0.5, 0.6) is 11.5 Å². The number of methoxy groups -OCH3 is 1. The van der Waals surface area contributed by atoms with Crippen molar-refractivity contribution in [1.29, 1.82) is 0 Å². The Morgan fingerprint density at radius 3 is 2.86 bits per heavy atom. The summed E-state index contributed by atoms with van der Waals surface area (Å²) in [4.78, 5) is 5.28. The summed E-state index contributed by atoms with van der Waals surface area (Å²) in [6.07, 6.45) is 2.72. The maximum absolute atomic E-state index is 5.70. The maximum Gasteiger partial charge on any atom is 0.161 e. The van der Waals surface area contributed by atoms with Gasteiger partial charge in [0.15, 0.2) is 11.5 Å². The number of ether oxygens (including phenoxy) is 2. The Bertz CT molecular complexity index is 506. The number of hydrogen-bond acceptors (Lipinski definition) is 4. The summed E-state index contributed by atoms with van der Waals surface area (Å²) in [5.41, 5.74) is 1.31. The lowest BCUT2D eigenvalue weighted by Crippen LogP contribution is -2.54. The zero-order valence-corrected chi connectivity index (χ0v) is 14.0. The molecule has 2 atom stereocenters. The van der Waals surface area contributed by atoms with Gasteiger partial charge >= 0.3 is 0 Å². The predicted octanol–water partition coefficient (Wildman–Crippen LogP) is 2.76. The van der Waals surface area contributed by atoms with Crippen LogP contribution in [0.25, 0.3) is 0 Å². The monoisotopic (exact) mass is 304 g/mol. The van der Waals surface area contributed by atoms with Gasteiger partial charge in [-0.1, -0.05) is 6.07 Å². The first-order valence-corrected chi connectivity index (χ1v) is 8.49. The third-order valence-electron chi connectivity index (χ3n) is 4.98. The highest BCUT2D eigenvalue weighted by molar-refractivity contribution is 5.43. The van der Waals surface area contributed by atoms with E-state index < -0.39 is 0 Å². The maximum atomic E-state index is 5.70. The van der Waals surface area contributed by atoms with Crippen LogP contribution in [0.2, 0.25) is 0 Å². The zero-order valence-electron chi connectivity index (χ0n) is 14.0. The highest BCUT2D eigenvalue weighted by Crippen LogP contribution is 2.30. The van der Waals surface area contributed by atoms with Crippen molar-refractivity contribution in [2.45, 2.75) is 45.3 Å². The summed E-state index contributed by atoms with van der Waals surface area (Å²) in [6, 6.07) is 7.70. The van der Waals surface area contributed by atoms with Gasteiger partial charge in [0.2, 0.25) is 0 Å². The lowest BCUT2D eigenvalue weighted by Gasteiger charge is -2.42. The molecule has 2 fully saturated rings. The Balaban J connectivity index is 1.70. The average Bonchev–Trinajstić information content (AvgIpc) is 2.95. The molecule has 1 unspecified atom stereocenters. The summed E-state index contributed by atoms with van der Waals surface area (Å²) in [6.45, 7) is 9.71. The Morgan fingerprint density at radius 1 is 1.23 bits per heavy atom. The van der Waals surface area contributed by atoms with E-state index in [0.717, 1.165) is 24.1 Å². The van der Waals surface area contributed by atoms with Gasteiger partial charge < -0.3 is 9.47 Å². The summed E-state index contributed by atoms with van der Waals surface area (Å²) in [5, 5.41) is 0. The largest absolute Gasteiger partial charge is 0.493 e. The van der Waals surface area contributed by atoms with Gasteiger partial charge in [-0.05, 0) is 50.9 Å². The molecule has 4 heteroatoms. The lowest BCUT2D eigenvalue weighted by molar-refractivity contribution is 0.0540. The molecule has 2 aliphatic rings. The summed E-state index contributed by atoms with van der Waals surface area (Å²) in [5.74, 6) is 1.67. The molecule has 1 aromatic carbocycles. The molecule has 0 radical (unpaired) electrons. The van der Waals surface area contributed by atoms with Crippen molar-refractivity contribution in [2.75, 3.05) is 33.4 Å². The number of benzene rings is 1.